The summed E-state index contributed by atoms with van der Waals surface area (Å²) in [6, 6.07) is 6.46. The van der Waals surface area contributed by atoms with Crippen LogP contribution in [-0.2, 0) is 14.8 Å². The number of carbonyl (C=O) groups is 1. The van der Waals surface area contributed by atoms with Gasteiger partial charge in [-0.15, -0.1) is 0 Å². The molecule has 0 bridgehead atoms. The molecular weight excluding hydrogens is 376 g/mol. The largest absolute Gasteiger partial charge is 0.353 e. The molecule has 0 aromatic heterocycles. The van der Waals surface area contributed by atoms with E-state index in [1.54, 1.807) is 24.3 Å². The summed E-state index contributed by atoms with van der Waals surface area (Å²) < 4.78 is 27.1. The van der Waals surface area contributed by atoms with Crippen LogP contribution in [0.5, 0.6) is 0 Å². The minimum Gasteiger partial charge on any atom is -0.353 e. The molecule has 0 spiro atoms. The molecule has 1 aliphatic rings. The van der Waals surface area contributed by atoms with Crippen molar-refractivity contribution in [2.45, 2.75) is 58.0 Å². The van der Waals surface area contributed by atoms with E-state index in [0.717, 1.165) is 19.5 Å². The van der Waals surface area contributed by atoms with Crippen LogP contribution in [0.1, 0.15) is 46.6 Å². The van der Waals surface area contributed by atoms with Crippen LogP contribution in [0, 0.1) is 5.92 Å². The van der Waals surface area contributed by atoms with Crippen molar-refractivity contribution in [1.29, 1.82) is 0 Å². The molecule has 1 amide bonds. The molecule has 0 aliphatic carbocycles. The van der Waals surface area contributed by atoms with Gasteiger partial charge < -0.3 is 5.32 Å². The molecular formula is C20H32N4O3S. The fourth-order valence-corrected chi connectivity index (χ4v) is 4.48. The number of aliphatic imine (C=N–C) groups is 1. The number of nitrogens with one attached hydrogen (secondary N) is 2. The number of hydrogen-bond donors (Lipinski definition) is 2. The van der Waals surface area contributed by atoms with Crippen LogP contribution in [0.2, 0.25) is 0 Å². The average Bonchev–Trinajstić information content (AvgIpc) is 2.92. The van der Waals surface area contributed by atoms with Gasteiger partial charge in [0.15, 0.2) is 0 Å². The summed E-state index contributed by atoms with van der Waals surface area (Å²) >= 11 is 0. The second kappa shape index (κ2) is 9.52. The zero-order valence-electron chi connectivity index (χ0n) is 17.4. The van der Waals surface area contributed by atoms with Crippen molar-refractivity contribution in [2.24, 2.45) is 10.9 Å². The Labute approximate surface area is 168 Å². The van der Waals surface area contributed by atoms with Gasteiger partial charge >= 0.3 is 0 Å². The number of amidine groups is 1. The molecule has 7 nitrogen and oxygen atoms in total. The van der Waals surface area contributed by atoms with Crippen molar-refractivity contribution in [3.8, 4) is 0 Å². The summed E-state index contributed by atoms with van der Waals surface area (Å²) in [5, 5.41) is 2.97. The van der Waals surface area contributed by atoms with Gasteiger partial charge in [0.05, 0.1) is 4.90 Å². The third kappa shape index (κ3) is 5.11. The van der Waals surface area contributed by atoms with E-state index in [2.05, 4.69) is 40.7 Å². The van der Waals surface area contributed by atoms with E-state index < -0.39 is 16.1 Å². The van der Waals surface area contributed by atoms with Gasteiger partial charge in [-0.25, -0.2) is 8.42 Å². The van der Waals surface area contributed by atoms with Gasteiger partial charge in [-0.2, -0.15) is 0 Å². The van der Waals surface area contributed by atoms with Gasteiger partial charge in [-0.05, 0) is 38.4 Å². The van der Waals surface area contributed by atoms with E-state index >= 15 is 0 Å². The Morgan fingerprint density at radius 3 is 2.50 bits per heavy atom. The molecule has 1 aliphatic heterocycles. The van der Waals surface area contributed by atoms with Crippen molar-refractivity contribution < 1.29 is 13.2 Å². The maximum atomic E-state index is 12.8. The Balaban J connectivity index is 2.19. The minimum atomic E-state index is -3.62. The van der Waals surface area contributed by atoms with Gasteiger partial charge in [0.25, 0.3) is 10.0 Å². The molecule has 2 atom stereocenters. The molecule has 28 heavy (non-hydrogen) atoms. The van der Waals surface area contributed by atoms with Crippen molar-refractivity contribution in [3.05, 3.63) is 29.8 Å². The average molecular weight is 409 g/mol. The van der Waals surface area contributed by atoms with Gasteiger partial charge in [-0.1, -0.05) is 39.3 Å². The van der Waals surface area contributed by atoms with Gasteiger partial charge in [0.2, 0.25) is 5.91 Å². The predicted octanol–water partition coefficient (Wildman–Crippen LogP) is 1.99. The van der Waals surface area contributed by atoms with Gasteiger partial charge in [-0.3, -0.25) is 19.4 Å². The number of benzene rings is 1. The van der Waals surface area contributed by atoms with Crippen molar-refractivity contribution in [1.82, 2.24) is 14.9 Å². The smallest absolute Gasteiger partial charge is 0.263 e. The standard InChI is InChI=1S/C20H32N4O3S/c1-6-15(5)18(20(25)21-12-13-24(7-2)14(3)4)22-19-16-10-8-9-11-17(16)28(26,27)23-19/h8-11,14-15,18H,6-7,12-13H2,1-5H3,(H,21,25)(H,22,23)/t15-,18-/m0/s1. The summed E-state index contributed by atoms with van der Waals surface area (Å²) in [4.78, 5) is 19.8. The van der Waals surface area contributed by atoms with Crippen LogP contribution in [0.3, 0.4) is 0 Å². The summed E-state index contributed by atoms with van der Waals surface area (Å²) in [5.74, 6) is 0.0517. The highest BCUT2D eigenvalue weighted by molar-refractivity contribution is 7.90. The molecule has 2 N–H and O–H groups in total. The molecule has 0 fully saturated rings. The zero-order chi connectivity index (χ0) is 20.9. The number of likely N-dealkylation sites (N-methyl/N-ethyl adjacent to an activating group) is 1. The molecule has 0 saturated carbocycles. The maximum absolute atomic E-state index is 12.8. The predicted molar refractivity (Wildman–Crippen MR) is 112 cm³/mol. The van der Waals surface area contributed by atoms with E-state index in [0.29, 0.717) is 18.2 Å². The third-order valence-corrected chi connectivity index (χ3v) is 6.61. The molecule has 1 aromatic carbocycles. The first-order valence-electron chi connectivity index (χ1n) is 9.93. The van der Waals surface area contributed by atoms with Crippen molar-refractivity contribution >= 4 is 21.8 Å². The Morgan fingerprint density at radius 1 is 1.21 bits per heavy atom. The Bertz CT molecular complexity index is 820. The summed E-state index contributed by atoms with van der Waals surface area (Å²) in [6.07, 6.45) is 0.760. The van der Waals surface area contributed by atoms with Gasteiger partial charge in [0.1, 0.15) is 11.9 Å². The van der Waals surface area contributed by atoms with E-state index in [1.165, 1.54) is 0 Å². The molecule has 0 radical (unpaired) electrons. The van der Waals surface area contributed by atoms with Crippen LogP contribution in [0.25, 0.3) is 0 Å². The van der Waals surface area contributed by atoms with Crippen molar-refractivity contribution in [2.75, 3.05) is 19.6 Å². The molecule has 1 aromatic rings. The summed E-state index contributed by atoms with van der Waals surface area (Å²) in [7, 11) is -3.62. The van der Waals surface area contributed by atoms with E-state index in [9.17, 15) is 13.2 Å². The number of hydrogen-bond acceptors (Lipinski definition) is 5. The molecule has 156 valence electrons. The van der Waals surface area contributed by atoms with Crippen molar-refractivity contribution in [3.63, 3.8) is 0 Å². The first kappa shape index (κ1) is 22.4. The summed E-state index contributed by atoms with van der Waals surface area (Å²) in [5.41, 5.74) is 0.514. The molecule has 8 heteroatoms. The number of fused-ring (bicyclic) bond motifs is 1. The fraction of sp³-hybridized carbons (Fsp3) is 0.600. The van der Waals surface area contributed by atoms with E-state index in [-0.39, 0.29) is 22.6 Å². The number of amides is 1. The minimum absolute atomic E-state index is 0.0165. The number of carbonyl (C=O) groups excluding carboxylic acids is 1. The first-order valence-corrected chi connectivity index (χ1v) is 11.4. The maximum Gasteiger partial charge on any atom is 0.263 e. The second-order valence-electron chi connectivity index (χ2n) is 7.42. The van der Waals surface area contributed by atoms with Crippen LogP contribution in [0.15, 0.2) is 34.2 Å². The van der Waals surface area contributed by atoms with E-state index in [4.69, 9.17) is 0 Å². The third-order valence-electron chi connectivity index (χ3n) is 5.22. The van der Waals surface area contributed by atoms with E-state index in [1.807, 2.05) is 13.8 Å². The van der Waals surface area contributed by atoms with Crippen LogP contribution < -0.4 is 10.0 Å². The topological polar surface area (TPSA) is 90.9 Å². The fourth-order valence-electron chi connectivity index (χ4n) is 3.25. The Kier molecular flexibility index (Phi) is 7.60. The highest BCUT2D eigenvalue weighted by Gasteiger charge is 2.33. The summed E-state index contributed by atoms with van der Waals surface area (Å²) in [6.45, 7) is 12.5. The molecule has 0 unspecified atom stereocenters. The Hall–Kier alpha value is -1.93. The number of rotatable bonds is 9. The lowest BCUT2D eigenvalue weighted by Crippen LogP contribution is -2.43. The Morgan fingerprint density at radius 2 is 1.89 bits per heavy atom. The lowest BCUT2D eigenvalue weighted by atomic mass is 9.98. The second-order valence-corrected chi connectivity index (χ2v) is 9.07. The SMILES string of the molecule is CC[C@H](C)[C@H](N=C1NS(=O)(=O)c2ccccc21)C(=O)NCCN(CC)C(C)C. The lowest BCUT2D eigenvalue weighted by molar-refractivity contribution is -0.123. The van der Waals surface area contributed by atoms with Crippen LogP contribution >= 0.6 is 0 Å². The molecule has 0 saturated heterocycles. The zero-order valence-corrected chi connectivity index (χ0v) is 18.2. The number of sulfonamides is 1. The molecule has 1 heterocycles. The van der Waals surface area contributed by atoms with Crippen LogP contribution in [-0.4, -0.2) is 56.8 Å². The lowest BCUT2D eigenvalue weighted by Gasteiger charge is -2.25. The first-order chi connectivity index (χ1) is 13.2. The normalized spacial score (nSPS) is 18.8. The highest BCUT2D eigenvalue weighted by atomic mass is 32.2. The van der Waals surface area contributed by atoms with Gasteiger partial charge in [0, 0.05) is 24.7 Å². The van der Waals surface area contributed by atoms with Crippen LogP contribution in [0.4, 0.5) is 0 Å². The highest BCUT2D eigenvalue weighted by Crippen LogP contribution is 2.24. The quantitative estimate of drug-likeness (QED) is 0.654. The number of nitrogens with zero attached hydrogens (tertiary/aromatic N) is 2. The molecule has 2 rings (SSSR count). The monoisotopic (exact) mass is 408 g/mol.